The van der Waals surface area contributed by atoms with Crippen molar-refractivity contribution in [2.45, 2.75) is 0 Å². The van der Waals surface area contributed by atoms with E-state index in [4.69, 9.17) is 14.4 Å². The predicted molar refractivity (Wildman–Crippen MR) is 92.4 cm³/mol. The van der Waals surface area contributed by atoms with Crippen LogP contribution in [0.1, 0.15) is 0 Å². The number of nitriles is 1. The van der Waals surface area contributed by atoms with Gasteiger partial charge in [-0.25, -0.2) is 4.79 Å². The lowest BCUT2D eigenvalue weighted by molar-refractivity contribution is -0.120. The lowest BCUT2D eigenvalue weighted by atomic mass is 10.2. The number of anilines is 1. The molecule has 0 N–H and O–H groups in total. The van der Waals surface area contributed by atoms with Crippen LogP contribution in [0.5, 0.6) is 5.75 Å². The first-order chi connectivity index (χ1) is 12.2. The lowest BCUT2D eigenvalue weighted by Crippen LogP contribution is -2.35. The quantitative estimate of drug-likeness (QED) is 0.529. The molecule has 1 amide bonds. The molecule has 124 valence electrons. The van der Waals surface area contributed by atoms with Gasteiger partial charge in [0.1, 0.15) is 17.9 Å². The summed E-state index contributed by atoms with van der Waals surface area (Å²) in [4.78, 5) is 25.0. The largest absolute Gasteiger partial charge is 0.484 e. The lowest BCUT2D eigenvalue weighted by Gasteiger charge is -2.19. The Kier molecular flexibility index (Phi) is 4.77. The summed E-state index contributed by atoms with van der Waals surface area (Å²) in [7, 11) is 0. The molecule has 0 radical (unpaired) electrons. The molecule has 6 heteroatoms. The Morgan fingerprint density at radius 2 is 1.88 bits per heavy atom. The summed E-state index contributed by atoms with van der Waals surface area (Å²) >= 11 is 0. The number of hydrogen-bond donors (Lipinski definition) is 0. The van der Waals surface area contributed by atoms with Crippen LogP contribution in [0.2, 0.25) is 0 Å². The molecule has 0 atom stereocenters. The maximum absolute atomic E-state index is 12.4. The Hall–Kier alpha value is -3.59. The van der Waals surface area contributed by atoms with E-state index in [2.05, 4.69) is 0 Å². The van der Waals surface area contributed by atoms with E-state index in [-0.39, 0.29) is 19.1 Å². The number of benzene rings is 2. The molecule has 0 aliphatic heterocycles. The molecule has 0 saturated carbocycles. The molecule has 0 fully saturated rings. The minimum Gasteiger partial charge on any atom is -0.484 e. The molecular formula is C19H14N2O4. The Morgan fingerprint density at radius 1 is 1.12 bits per heavy atom. The molecule has 0 spiro atoms. The molecule has 0 aliphatic carbocycles. The summed E-state index contributed by atoms with van der Waals surface area (Å²) in [6, 6.07) is 18.9. The fourth-order valence-corrected chi connectivity index (χ4v) is 2.36. The van der Waals surface area contributed by atoms with Gasteiger partial charge in [-0.2, -0.15) is 5.26 Å². The Labute approximate surface area is 143 Å². The monoisotopic (exact) mass is 334 g/mol. The number of fused-ring (bicyclic) bond motifs is 1. The zero-order valence-corrected chi connectivity index (χ0v) is 13.2. The fraction of sp³-hybridized carbons (Fsp3) is 0.105. The van der Waals surface area contributed by atoms with Gasteiger partial charge in [-0.15, -0.1) is 0 Å². The minimum absolute atomic E-state index is 0.0706. The minimum atomic E-state index is -0.454. The molecule has 3 rings (SSSR count). The number of nitrogens with zero attached hydrogens (tertiary/aromatic N) is 2. The highest BCUT2D eigenvalue weighted by Crippen LogP contribution is 2.20. The SMILES string of the molecule is N#CCN(C(=O)COc1ccc2ccc(=O)oc2c1)c1ccccc1. The van der Waals surface area contributed by atoms with Crippen molar-refractivity contribution in [3.05, 3.63) is 71.1 Å². The van der Waals surface area contributed by atoms with Crippen LogP contribution in [0.3, 0.4) is 0 Å². The van der Waals surface area contributed by atoms with Gasteiger partial charge in [0.05, 0.1) is 6.07 Å². The van der Waals surface area contributed by atoms with E-state index in [1.807, 2.05) is 12.1 Å². The van der Waals surface area contributed by atoms with E-state index >= 15 is 0 Å². The van der Waals surface area contributed by atoms with Crippen molar-refractivity contribution < 1.29 is 13.9 Å². The van der Waals surface area contributed by atoms with Crippen LogP contribution in [0.15, 0.2) is 69.9 Å². The maximum Gasteiger partial charge on any atom is 0.336 e. The molecule has 1 aromatic heterocycles. The number of hydrogen-bond acceptors (Lipinski definition) is 5. The molecular weight excluding hydrogens is 320 g/mol. The van der Waals surface area contributed by atoms with Gasteiger partial charge in [0, 0.05) is 23.2 Å². The Bertz CT molecular complexity index is 989. The van der Waals surface area contributed by atoms with Crippen molar-refractivity contribution in [1.82, 2.24) is 0 Å². The first-order valence-electron chi connectivity index (χ1n) is 7.56. The zero-order chi connectivity index (χ0) is 17.6. The average molecular weight is 334 g/mol. The molecule has 0 unspecified atom stereocenters. The third-order valence-electron chi connectivity index (χ3n) is 3.55. The van der Waals surface area contributed by atoms with Crippen molar-refractivity contribution in [3.63, 3.8) is 0 Å². The van der Waals surface area contributed by atoms with Crippen LogP contribution in [0.4, 0.5) is 5.69 Å². The topological polar surface area (TPSA) is 83.5 Å². The highest BCUT2D eigenvalue weighted by Gasteiger charge is 2.16. The number of amides is 1. The summed E-state index contributed by atoms with van der Waals surface area (Å²) in [6.07, 6.45) is 0. The van der Waals surface area contributed by atoms with Crippen molar-refractivity contribution in [2.24, 2.45) is 0 Å². The summed E-state index contributed by atoms with van der Waals surface area (Å²) < 4.78 is 10.6. The molecule has 0 saturated heterocycles. The third kappa shape index (κ3) is 3.85. The van der Waals surface area contributed by atoms with Crippen LogP contribution < -0.4 is 15.3 Å². The second-order valence-electron chi connectivity index (χ2n) is 5.22. The summed E-state index contributed by atoms with van der Waals surface area (Å²) in [5, 5.41) is 9.71. The van der Waals surface area contributed by atoms with Gasteiger partial charge < -0.3 is 9.15 Å². The van der Waals surface area contributed by atoms with Crippen molar-refractivity contribution in [2.75, 3.05) is 18.1 Å². The second-order valence-corrected chi connectivity index (χ2v) is 5.22. The molecule has 0 aliphatic rings. The summed E-state index contributed by atoms with van der Waals surface area (Å²) in [6.45, 7) is -0.308. The first kappa shape index (κ1) is 16.3. The van der Waals surface area contributed by atoms with Crippen molar-refractivity contribution in [1.29, 1.82) is 5.26 Å². The van der Waals surface area contributed by atoms with Gasteiger partial charge in [-0.3, -0.25) is 9.69 Å². The molecule has 6 nitrogen and oxygen atoms in total. The van der Waals surface area contributed by atoms with Gasteiger partial charge in [-0.05, 0) is 30.3 Å². The molecule has 2 aromatic carbocycles. The van der Waals surface area contributed by atoms with Crippen LogP contribution in [0, 0.1) is 11.3 Å². The van der Waals surface area contributed by atoms with Gasteiger partial charge in [0.15, 0.2) is 6.61 Å². The highest BCUT2D eigenvalue weighted by molar-refractivity contribution is 5.94. The molecule has 3 aromatic rings. The normalized spacial score (nSPS) is 10.2. The maximum atomic E-state index is 12.4. The number of ether oxygens (including phenoxy) is 1. The summed E-state index contributed by atoms with van der Waals surface area (Å²) in [5.74, 6) is 0.0579. The second kappa shape index (κ2) is 7.32. The van der Waals surface area contributed by atoms with Gasteiger partial charge in [-0.1, -0.05) is 18.2 Å². The van der Waals surface area contributed by atoms with Crippen LogP contribution in [-0.2, 0) is 4.79 Å². The van der Waals surface area contributed by atoms with Gasteiger partial charge >= 0.3 is 5.63 Å². The molecule has 25 heavy (non-hydrogen) atoms. The standard InChI is InChI=1S/C19H14N2O4/c20-10-11-21(15-4-2-1-3-5-15)18(22)13-24-16-8-6-14-7-9-19(23)25-17(14)12-16/h1-9,12H,11,13H2. The Balaban J connectivity index is 1.74. The van der Waals surface area contributed by atoms with Crippen molar-refractivity contribution >= 4 is 22.6 Å². The van der Waals surface area contributed by atoms with Gasteiger partial charge in [0.2, 0.25) is 0 Å². The number of para-hydroxylation sites is 1. The number of carbonyl (C=O) groups excluding carboxylic acids is 1. The molecule has 0 bridgehead atoms. The van der Waals surface area contributed by atoms with Crippen molar-refractivity contribution in [3.8, 4) is 11.8 Å². The van der Waals surface area contributed by atoms with Crippen LogP contribution in [0.25, 0.3) is 11.0 Å². The predicted octanol–water partition coefficient (Wildman–Crippen LogP) is 2.73. The van der Waals surface area contributed by atoms with Crippen LogP contribution >= 0.6 is 0 Å². The first-order valence-corrected chi connectivity index (χ1v) is 7.56. The molecule has 1 heterocycles. The smallest absolute Gasteiger partial charge is 0.336 e. The Morgan fingerprint density at radius 3 is 2.64 bits per heavy atom. The van der Waals surface area contributed by atoms with E-state index in [1.54, 1.807) is 48.5 Å². The van der Waals surface area contributed by atoms with Crippen LogP contribution in [-0.4, -0.2) is 19.1 Å². The van der Waals surface area contributed by atoms with E-state index in [1.165, 1.54) is 11.0 Å². The third-order valence-corrected chi connectivity index (χ3v) is 3.55. The highest BCUT2D eigenvalue weighted by atomic mass is 16.5. The van der Waals surface area contributed by atoms with E-state index in [9.17, 15) is 9.59 Å². The zero-order valence-electron chi connectivity index (χ0n) is 13.2. The van der Waals surface area contributed by atoms with E-state index in [0.717, 1.165) is 5.39 Å². The fourth-order valence-electron chi connectivity index (χ4n) is 2.36. The van der Waals surface area contributed by atoms with E-state index in [0.29, 0.717) is 17.0 Å². The average Bonchev–Trinajstić information content (AvgIpc) is 2.64. The van der Waals surface area contributed by atoms with E-state index < -0.39 is 5.63 Å². The number of rotatable bonds is 5. The summed E-state index contributed by atoms with van der Waals surface area (Å²) in [5.41, 5.74) is 0.557. The van der Waals surface area contributed by atoms with Gasteiger partial charge in [0.25, 0.3) is 5.91 Å². The number of carbonyl (C=O) groups is 1.